The molecule has 0 atom stereocenters. The lowest BCUT2D eigenvalue weighted by atomic mass is 10.1. The standard InChI is InChI=1S/C18H27NO3.C16H26N2O.BrH/c1-14(2)8-6-4-5-7-9-18(21)19-13-15-10-11-16(20)17(12-15)22-3;1-6-18(7-2,8-3)12-15(19)17-16-13(4)10-9-11-14(16)5;/h6,8,10-12,14,20H,4-5,7,9,13H2,1-3H3,(H,19,21);9-11H,6-8,12H2,1-5H3;1H/b8-6+;;. The zero-order chi connectivity index (χ0) is 30.8. The molecule has 0 heterocycles. The average Bonchev–Trinajstić information content (AvgIpc) is 2.95. The number of nitrogens with one attached hydrogen (secondary N) is 2. The summed E-state index contributed by atoms with van der Waals surface area (Å²) in [6, 6.07) is 11.2. The highest BCUT2D eigenvalue weighted by Crippen LogP contribution is 2.26. The number of amides is 2. The summed E-state index contributed by atoms with van der Waals surface area (Å²) in [6.07, 6.45) is 7.88. The summed E-state index contributed by atoms with van der Waals surface area (Å²) in [5.41, 5.74) is 4.11. The van der Waals surface area contributed by atoms with Crippen LogP contribution in [0.1, 0.15) is 77.0 Å². The first kappa shape index (κ1) is 39.2. The number of rotatable bonds is 15. The van der Waals surface area contributed by atoms with E-state index in [9.17, 15) is 14.7 Å². The maximum absolute atomic E-state index is 12.3. The van der Waals surface area contributed by atoms with Gasteiger partial charge in [-0.15, -0.1) is 0 Å². The second-order valence-corrected chi connectivity index (χ2v) is 11.0. The number of carbonyl (C=O) groups is 2. The Morgan fingerprint density at radius 1 is 0.976 bits per heavy atom. The fourth-order valence-electron chi connectivity index (χ4n) is 4.54. The number of ether oxygens (including phenoxy) is 1. The molecule has 0 bridgehead atoms. The number of quaternary nitrogens is 1. The number of aromatic hydroxyl groups is 1. The maximum atomic E-state index is 12.3. The van der Waals surface area contributed by atoms with Crippen molar-refractivity contribution in [2.24, 2.45) is 5.92 Å². The van der Waals surface area contributed by atoms with Crippen LogP contribution in [0.25, 0.3) is 0 Å². The van der Waals surface area contributed by atoms with E-state index >= 15 is 0 Å². The minimum Gasteiger partial charge on any atom is -1.00 e. The Morgan fingerprint density at radius 3 is 2.14 bits per heavy atom. The number of aryl methyl sites for hydroxylation is 2. The molecule has 2 rings (SSSR count). The normalized spacial score (nSPS) is 11.0. The molecule has 0 aromatic heterocycles. The number of benzene rings is 2. The summed E-state index contributed by atoms with van der Waals surface area (Å²) in [5, 5.41) is 15.5. The molecule has 0 aliphatic heterocycles. The number of likely N-dealkylation sites (N-methyl/N-ethyl adjacent to an activating group) is 1. The molecule has 0 unspecified atom stereocenters. The summed E-state index contributed by atoms with van der Waals surface area (Å²) in [6.45, 7) is 18.8. The smallest absolute Gasteiger partial charge is 0.279 e. The van der Waals surface area contributed by atoms with Gasteiger partial charge in [-0.3, -0.25) is 9.59 Å². The highest BCUT2D eigenvalue weighted by molar-refractivity contribution is 5.93. The molecule has 2 aromatic rings. The number of para-hydroxylation sites is 1. The number of nitrogens with zero attached hydrogens (tertiary/aromatic N) is 1. The predicted molar refractivity (Wildman–Crippen MR) is 170 cm³/mol. The number of phenols is 1. The molecule has 7 nitrogen and oxygen atoms in total. The highest BCUT2D eigenvalue weighted by Gasteiger charge is 2.25. The van der Waals surface area contributed by atoms with Gasteiger partial charge >= 0.3 is 0 Å². The van der Waals surface area contributed by atoms with Crippen LogP contribution in [0.5, 0.6) is 11.5 Å². The third-order valence-electron chi connectivity index (χ3n) is 7.52. The number of methoxy groups -OCH3 is 1. The number of carbonyl (C=O) groups excluding carboxylic acids is 2. The van der Waals surface area contributed by atoms with E-state index in [0.29, 0.717) is 31.2 Å². The molecule has 2 aromatic carbocycles. The van der Waals surface area contributed by atoms with E-state index in [1.165, 1.54) is 7.11 Å². The first-order valence-electron chi connectivity index (χ1n) is 15.0. The number of hydrogen-bond donors (Lipinski definition) is 3. The molecule has 0 spiro atoms. The molecule has 42 heavy (non-hydrogen) atoms. The van der Waals surface area contributed by atoms with Gasteiger partial charge in [0.15, 0.2) is 18.0 Å². The fraction of sp³-hybridized carbons (Fsp3) is 0.529. The lowest BCUT2D eigenvalue weighted by Gasteiger charge is -2.35. The van der Waals surface area contributed by atoms with Gasteiger partial charge in [-0.1, -0.05) is 50.3 Å². The van der Waals surface area contributed by atoms with Gasteiger partial charge < -0.3 is 41.9 Å². The molecule has 0 radical (unpaired) electrons. The van der Waals surface area contributed by atoms with Crippen molar-refractivity contribution in [3.63, 3.8) is 0 Å². The zero-order valence-corrected chi connectivity index (χ0v) is 28.6. The number of phenolic OH excluding ortho intramolecular Hbond substituents is 1. The second-order valence-electron chi connectivity index (χ2n) is 11.0. The van der Waals surface area contributed by atoms with Crippen molar-refractivity contribution < 1.29 is 40.9 Å². The summed E-state index contributed by atoms with van der Waals surface area (Å²) in [5.74, 6) is 1.28. The Hall–Kier alpha value is -2.84. The molecule has 0 fully saturated rings. The molecular formula is C34H54BrN3O4. The van der Waals surface area contributed by atoms with Crippen molar-refractivity contribution in [3.8, 4) is 11.5 Å². The van der Waals surface area contributed by atoms with Crippen LogP contribution in [-0.2, 0) is 16.1 Å². The number of anilines is 1. The van der Waals surface area contributed by atoms with Gasteiger partial charge in [-0.2, -0.15) is 0 Å². The van der Waals surface area contributed by atoms with Crippen molar-refractivity contribution in [1.29, 1.82) is 0 Å². The average molecular weight is 649 g/mol. The summed E-state index contributed by atoms with van der Waals surface area (Å²) in [7, 11) is 1.51. The summed E-state index contributed by atoms with van der Waals surface area (Å²) >= 11 is 0. The number of hydrogen-bond acceptors (Lipinski definition) is 4. The topological polar surface area (TPSA) is 87.7 Å². The van der Waals surface area contributed by atoms with E-state index in [-0.39, 0.29) is 34.5 Å². The van der Waals surface area contributed by atoms with E-state index < -0.39 is 0 Å². The van der Waals surface area contributed by atoms with E-state index in [2.05, 4.69) is 57.4 Å². The number of unbranched alkanes of at least 4 members (excludes halogenated alkanes) is 2. The zero-order valence-electron chi connectivity index (χ0n) is 27.1. The Bertz CT molecular complexity index is 1090. The second kappa shape index (κ2) is 20.9. The van der Waals surface area contributed by atoms with Crippen molar-refractivity contribution in [1.82, 2.24) is 5.32 Å². The van der Waals surface area contributed by atoms with Gasteiger partial charge in [0.2, 0.25) is 5.91 Å². The first-order chi connectivity index (χ1) is 19.5. The molecule has 0 saturated heterocycles. The summed E-state index contributed by atoms with van der Waals surface area (Å²) in [4.78, 5) is 24.1. The van der Waals surface area contributed by atoms with E-state index in [1.807, 2.05) is 32.0 Å². The lowest BCUT2D eigenvalue weighted by molar-refractivity contribution is -0.915. The van der Waals surface area contributed by atoms with Crippen LogP contribution in [-0.4, -0.2) is 54.7 Å². The van der Waals surface area contributed by atoms with Crippen molar-refractivity contribution in [2.75, 3.05) is 38.6 Å². The third-order valence-corrected chi connectivity index (χ3v) is 7.52. The number of halogens is 1. The summed E-state index contributed by atoms with van der Waals surface area (Å²) < 4.78 is 5.89. The Kier molecular flexibility index (Phi) is 19.5. The van der Waals surface area contributed by atoms with Crippen LogP contribution in [0, 0.1) is 19.8 Å². The van der Waals surface area contributed by atoms with Gasteiger partial charge in [0.25, 0.3) is 5.91 Å². The van der Waals surface area contributed by atoms with E-state index in [4.69, 9.17) is 4.74 Å². The van der Waals surface area contributed by atoms with Gasteiger partial charge in [0.05, 0.1) is 26.7 Å². The molecule has 0 aliphatic carbocycles. The molecule has 8 heteroatoms. The van der Waals surface area contributed by atoms with Crippen molar-refractivity contribution >= 4 is 17.5 Å². The van der Waals surface area contributed by atoms with E-state index in [0.717, 1.165) is 65.8 Å². The third kappa shape index (κ3) is 14.4. The van der Waals surface area contributed by atoms with E-state index in [1.54, 1.807) is 18.2 Å². The molecule has 3 N–H and O–H groups in total. The van der Waals surface area contributed by atoms with Gasteiger partial charge in [0, 0.05) is 18.7 Å². The molecular weight excluding hydrogens is 594 g/mol. The largest absolute Gasteiger partial charge is 1.00 e. The van der Waals surface area contributed by atoms with Crippen LogP contribution in [0.2, 0.25) is 0 Å². The van der Waals surface area contributed by atoms with Gasteiger partial charge in [0.1, 0.15) is 0 Å². The minimum absolute atomic E-state index is 0. The Labute approximate surface area is 265 Å². The molecule has 0 aliphatic rings. The molecule has 236 valence electrons. The minimum atomic E-state index is 0. The first-order valence-corrected chi connectivity index (χ1v) is 15.0. The lowest BCUT2D eigenvalue weighted by Crippen LogP contribution is -3.00. The van der Waals surface area contributed by atoms with Gasteiger partial charge in [-0.25, -0.2) is 0 Å². The highest BCUT2D eigenvalue weighted by atomic mass is 79.9. The number of allylic oxidation sites excluding steroid dienone is 2. The molecule has 0 saturated carbocycles. The maximum Gasteiger partial charge on any atom is 0.279 e. The predicted octanol–water partition coefficient (Wildman–Crippen LogP) is 3.91. The van der Waals surface area contributed by atoms with Crippen LogP contribution in [0.4, 0.5) is 5.69 Å². The quantitative estimate of drug-likeness (QED) is 0.155. The van der Waals surface area contributed by atoms with Crippen LogP contribution in [0.15, 0.2) is 48.6 Å². The Balaban J connectivity index is 0.000000790. The monoisotopic (exact) mass is 647 g/mol. The molecule has 2 amide bonds. The van der Waals surface area contributed by atoms with Crippen molar-refractivity contribution in [3.05, 3.63) is 65.2 Å². The Morgan fingerprint density at radius 2 is 1.60 bits per heavy atom. The SMILES string of the molecule is CC[N+](CC)(CC)CC(=O)Nc1c(C)cccc1C.COc1cc(CNC(=O)CCCC/C=C/C(C)C)ccc1O.[Br-]. The van der Waals surface area contributed by atoms with Crippen LogP contribution in [0.3, 0.4) is 0 Å². The fourth-order valence-corrected chi connectivity index (χ4v) is 4.54. The van der Waals surface area contributed by atoms with Crippen LogP contribution >= 0.6 is 0 Å². The van der Waals surface area contributed by atoms with Crippen molar-refractivity contribution in [2.45, 2.75) is 80.7 Å². The van der Waals surface area contributed by atoms with Crippen LogP contribution < -0.4 is 32.4 Å². The van der Waals surface area contributed by atoms with Gasteiger partial charge in [-0.05, 0) is 88.6 Å².